The molecule has 0 aliphatic rings. The van der Waals surface area contributed by atoms with Crippen molar-refractivity contribution >= 4 is 11.6 Å². The van der Waals surface area contributed by atoms with Gasteiger partial charge in [-0.3, -0.25) is 9.59 Å². The van der Waals surface area contributed by atoms with Gasteiger partial charge < -0.3 is 0 Å². The quantitative estimate of drug-likeness (QED) is 0.629. The van der Waals surface area contributed by atoms with E-state index < -0.39 is 23.2 Å². The molecule has 0 atom stereocenters. The molecule has 2 rings (SSSR count). The molecule has 0 aliphatic carbocycles. The van der Waals surface area contributed by atoms with E-state index >= 15 is 0 Å². The minimum absolute atomic E-state index is 0.287. The van der Waals surface area contributed by atoms with E-state index in [4.69, 9.17) is 0 Å². The predicted molar refractivity (Wildman–Crippen MR) is 70.6 cm³/mol. The van der Waals surface area contributed by atoms with Crippen molar-refractivity contribution in [2.24, 2.45) is 0 Å². The Morgan fingerprint density at radius 3 is 1.25 bits per heavy atom. The zero-order chi connectivity index (χ0) is 14.5. The van der Waals surface area contributed by atoms with E-state index in [-0.39, 0.29) is 11.1 Å². The van der Waals surface area contributed by atoms with Gasteiger partial charge in [0.05, 0.1) is 0 Å². The molecule has 20 heavy (non-hydrogen) atoms. The molecule has 0 aromatic heterocycles. The van der Waals surface area contributed by atoms with Crippen molar-refractivity contribution in [3.63, 3.8) is 0 Å². The van der Waals surface area contributed by atoms with Crippen LogP contribution < -0.4 is 0 Å². The van der Waals surface area contributed by atoms with Crippen LogP contribution in [0.1, 0.15) is 20.7 Å². The summed E-state index contributed by atoms with van der Waals surface area (Å²) in [6.45, 7) is 0. The van der Waals surface area contributed by atoms with E-state index in [1.807, 2.05) is 0 Å². The highest BCUT2D eigenvalue weighted by Gasteiger charge is 2.05. The molecule has 0 amide bonds. The summed E-state index contributed by atoms with van der Waals surface area (Å²) in [6, 6.07) is 10.0. The molecule has 0 saturated carbocycles. The fourth-order valence-electron chi connectivity index (χ4n) is 1.57. The number of carbonyl (C=O) groups is 2. The van der Waals surface area contributed by atoms with E-state index in [0.29, 0.717) is 0 Å². The second kappa shape index (κ2) is 6.02. The Labute approximate surface area is 114 Å². The molecule has 2 nitrogen and oxygen atoms in total. The van der Waals surface area contributed by atoms with Crippen LogP contribution in [0.4, 0.5) is 8.78 Å². The van der Waals surface area contributed by atoms with Crippen LogP contribution in [0, 0.1) is 11.6 Å². The van der Waals surface area contributed by atoms with Gasteiger partial charge in [-0.15, -0.1) is 0 Å². The number of rotatable bonds is 4. The Balaban J connectivity index is 2.09. The summed E-state index contributed by atoms with van der Waals surface area (Å²) in [4.78, 5) is 23.4. The van der Waals surface area contributed by atoms with Crippen molar-refractivity contribution in [3.05, 3.63) is 83.4 Å². The highest BCUT2D eigenvalue weighted by Crippen LogP contribution is 2.07. The van der Waals surface area contributed by atoms with Crippen LogP contribution in [0.25, 0.3) is 0 Å². The maximum absolute atomic E-state index is 12.7. The Morgan fingerprint density at radius 2 is 0.950 bits per heavy atom. The van der Waals surface area contributed by atoms with Gasteiger partial charge in [0.15, 0.2) is 11.6 Å². The SMILES string of the molecule is O=C(/C=C/C(=O)c1ccc(F)cc1)c1ccc(F)cc1. The van der Waals surface area contributed by atoms with Crippen molar-refractivity contribution in [2.75, 3.05) is 0 Å². The average molecular weight is 272 g/mol. The third-order valence-electron chi connectivity index (χ3n) is 2.64. The van der Waals surface area contributed by atoms with Gasteiger partial charge in [0.2, 0.25) is 0 Å². The van der Waals surface area contributed by atoms with Crippen LogP contribution in [0.3, 0.4) is 0 Å². The normalized spacial score (nSPS) is 10.7. The number of carbonyl (C=O) groups excluding carboxylic acids is 2. The van der Waals surface area contributed by atoms with Crippen LogP contribution in [0.5, 0.6) is 0 Å². The van der Waals surface area contributed by atoms with Gasteiger partial charge >= 0.3 is 0 Å². The lowest BCUT2D eigenvalue weighted by atomic mass is 10.1. The van der Waals surface area contributed by atoms with E-state index in [2.05, 4.69) is 0 Å². The first-order valence-electron chi connectivity index (χ1n) is 5.84. The molecule has 0 bridgehead atoms. The predicted octanol–water partition coefficient (Wildman–Crippen LogP) is 3.59. The van der Waals surface area contributed by atoms with Crippen molar-refractivity contribution < 1.29 is 18.4 Å². The zero-order valence-electron chi connectivity index (χ0n) is 10.3. The zero-order valence-corrected chi connectivity index (χ0v) is 10.3. The standard InChI is InChI=1S/C16H10F2O2/c17-13-5-1-11(2-6-13)15(19)9-10-16(20)12-3-7-14(18)8-4-12/h1-10H/b10-9+. The van der Waals surface area contributed by atoms with Gasteiger partial charge in [-0.25, -0.2) is 8.78 Å². The van der Waals surface area contributed by atoms with Crippen LogP contribution >= 0.6 is 0 Å². The molecular weight excluding hydrogens is 262 g/mol. The second-order valence-electron chi connectivity index (χ2n) is 4.08. The molecule has 0 unspecified atom stereocenters. The van der Waals surface area contributed by atoms with E-state index in [1.165, 1.54) is 48.5 Å². The smallest absolute Gasteiger partial charge is 0.185 e. The number of halogens is 2. The molecule has 0 spiro atoms. The summed E-state index contributed by atoms with van der Waals surface area (Å²) in [5, 5.41) is 0. The number of benzene rings is 2. The summed E-state index contributed by atoms with van der Waals surface area (Å²) < 4.78 is 25.4. The van der Waals surface area contributed by atoms with Crippen LogP contribution in [0.2, 0.25) is 0 Å². The molecule has 0 fully saturated rings. The lowest BCUT2D eigenvalue weighted by molar-refractivity contribution is 0.102. The molecule has 0 radical (unpaired) electrons. The van der Waals surface area contributed by atoms with E-state index in [1.54, 1.807) is 0 Å². The lowest BCUT2D eigenvalue weighted by Gasteiger charge is -1.96. The Hall–Kier alpha value is -2.62. The number of ketones is 2. The minimum Gasteiger partial charge on any atom is -0.289 e. The Morgan fingerprint density at radius 1 is 0.650 bits per heavy atom. The molecular formula is C16H10F2O2. The summed E-state index contributed by atoms with van der Waals surface area (Å²) in [6.07, 6.45) is 2.22. The maximum Gasteiger partial charge on any atom is 0.185 e. The summed E-state index contributed by atoms with van der Waals surface area (Å²) >= 11 is 0. The number of hydrogen-bond acceptors (Lipinski definition) is 2. The Bertz CT molecular complexity index is 596. The first kappa shape index (κ1) is 13.8. The highest BCUT2D eigenvalue weighted by atomic mass is 19.1. The highest BCUT2D eigenvalue weighted by molar-refractivity contribution is 6.11. The molecule has 0 saturated heterocycles. The minimum atomic E-state index is -0.437. The lowest BCUT2D eigenvalue weighted by Crippen LogP contribution is -1.98. The average Bonchev–Trinajstić information content (AvgIpc) is 2.46. The third-order valence-corrected chi connectivity index (χ3v) is 2.64. The first-order chi connectivity index (χ1) is 9.56. The molecule has 0 N–H and O–H groups in total. The van der Waals surface area contributed by atoms with E-state index in [9.17, 15) is 18.4 Å². The van der Waals surface area contributed by atoms with Crippen LogP contribution in [-0.4, -0.2) is 11.6 Å². The fourth-order valence-corrected chi connectivity index (χ4v) is 1.57. The van der Waals surface area contributed by atoms with Crippen molar-refractivity contribution in [1.82, 2.24) is 0 Å². The van der Waals surface area contributed by atoms with Crippen molar-refractivity contribution in [3.8, 4) is 0 Å². The topological polar surface area (TPSA) is 34.1 Å². The van der Waals surface area contributed by atoms with Crippen molar-refractivity contribution in [1.29, 1.82) is 0 Å². The second-order valence-corrected chi connectivity index (χ2v) is 4.08. The fraction of sp³-hybridized carbons (Fsp3) is 0. The summed E-state index contributed by atoms with van der Waals surface area (Å²) in [7, 11) is 0. The molecule has 2 aromatic carbocycles. The molecule has 4 heteroatoms. The molecule has 0 heterocycles. The van der Waals surface area contributed by atoms with E-state index in [0.717, 1.165) is 12.2 Å². The number of hydrogen-bond donors (Lipinski definition) is 0. The van der Waals surface area contributed by atoms with Gasteiger partial charge in [-0.05, 0) is 60.7 Å². The monoisotopic (exact) mass is 272 g/mol. The van der Waals surface area contributed by atoms with Gasteiger partial charge in [0, 0.05) is 11.1 Å². The molecule has 100 valence electrons. The van der Waals surface area contributed by atoms with Crippen LogP contribution in [-0.2, 0) is 0 Å². The van der Waals surface area contributed by atoms with Gasteiger partial charge in [-0.2, -0.15) is 0 Å². The Kier molecular flexibility index (Phi) is 4.15. The third kappa shape index (κ3) is 3.45. The van der Waals surface area contributed by atoms with Gasteiger partial charge in [0.1, 0.15) is 11.6 Å². The summed E-state index contributed by atoms with van der Waals surface area (Å²) in [5.74, 6) is -1.68. The number of allylic oxidation sites excluding steroid dienone is 2. The first-order valence-corrected chi connectivity index (χ1v) is 5.84. The maximum atomic E-state index is 12.7. The van der Waals surface area contributed by atoms with Crippen LogP contribution in [0.15, 0.2) is 60.7 Å². The summed E-state index contributed by atoms with van der Waals surface area (Å²) in [5.41, 5.74) is 0.573. The van der Waals surface area contributed by atoms with Crippen molar-refractivity contribution in [2.45, 2.75) is 0 Å². The molecule has 2 aromatic rings. The molecule has 0 aliphatic heterocycles. The van der Waals surface area contributed by atoms with Gasteiger partial charge in [0.25, 0.3) is 0 Å². The van der Waals surface area contributed by atoms with Gasteiger partial charge in [-0.1, -0.05) is 0 Å². The largest absolute Gasteiger partial charge is 0.289 e.